The number of aromatic nitrogens is 13. The van der Waals surface area contributed by atoms with Crippen molar-refractivity contribution in [3.63, 3.8) is 0 Å². The molecule has 7 heterocycles. The number of nitrogens with zero attached hydrogens (tertiary/aromatic N) is 13. The van der Waals surface area contributed by atoms with Crippen LogP contribution in [0.15, 0.2) is 53.8 Å². The molecule has 0 unspecified atom stereocenters. The first-order valence-electron chi connectivity index (χ1n) is 17.9. The number of carboxylic acid groups (broad SMARTS) is 1. The summed E-state index contributed by atoms with van der Waals surface area (Å²) < 4.78 is 6.90. The molecule has 2 amide bonds. The number of nitrogens with one attached hydrogen (secondary N) is 3. The van der Waals surface area contributed by atoms with Crippen LogP contribution in [0.4, 0.5) is 23.1 Å². The average molecular weight is 787 g/mol. The van der Waals surface area contributed by atoms with Crippen molar-refractivity contribution < 1.29 is 24.2 Å². The maximum atomic E-state index is 12.9. The Morgan fingerprint density at radius 1 is 0.845 bits per heavy atom. The van der Waals surface area contributed by atoms with Crippen LogP contribution in [0.3, 0.4) is 0 Å². The van der Waals surface area contributed by atoms with E-state index in [1.165, 1.54) is 27.2 Å². The molecule has 7 aromatic heterocycles. The van der Waals surface area contributed by atoms with Gasteiger partial charge in [0.1, 0.15) is 22.7 Å². The van der Waals surface area contributed by atoms with E-state index in [0.717, 1.165) is 36.8 Å². The number of anilines is 4. The highest BCUT2D eigenvalue weighted by atomic mass is 16.5. The highest BCUT2D eigenvalue weighted by Crippen LogP contribution is 2.34. The number of amides is 2. The van der Waals surface area contributed by atoms with Gasteiger partial charge in [0.2, 0.25) is 11.8 Å². The Hall–Kier alpha value is -7.78. The van der Waals surface area contributed by atoms with Crippen LogP contribution in [0.5, 0.6) is 5.75 Å². The van der Waals surface area contributed by atoms with Gasteiger partial charge in [0.05, 0.1) is 30.8 Å². The lowest BCUT2D eigenvalue weighted by Crippen LogP contribution is -2.19. The molecular formula is C36H34N16O6. The highest BCUT2D eigenvalue weighted by molar-refractivity contribution is 5.97. The van der Waals surface area contributed by atoms with Crippen molar-refractivity contribution in [2.75, 3.05) is 23.1 Å². The zero-order chi connectivity index (χ0) is 40.7. The highest BCUT2D eigenvalue weighted by Gasteiger charge is 2.31. The zero-order valence-electron chi connectivity index (χ0n) is 31.4. The van der Waals surface area contributed by atoms with Crippen LogP contribution in [0.2, 0.25) is 0 Å². The van der Waals surface area contributed by atoms with Crippen molar-refractivity contribution in [1.82, 2.24) is 64.8 Å². The number of carbonyl (C=O) groups excluding carboxylic acids is 2. The van der Waals surface area contributed by atoms with Gasteiger partial charge >= 0.3 is 5.97 Å². The van der Waals surface area contributed by atoms with Crippen LogP contribution in [-0.2, 0) is 23.7 Å². The Labute approximate surface area is 326 Å². The normalized spacial score (nSPS) is 13.4. The number of hydrogen-bond donors (Lipinski definition) is 4. The number of carboxylic acids is 1. The van der Waals surface area contributed by atoms with E-state index in [0.29, 0.717) is 39.7 Å². The molecule has 9 rings (SSSR count). The molecule has 0 aliphatic heterocycles. The van der Waals surface area contributed by atoms with Crippen LogP contribution in [0, 0.1) is 18.8 Å². The molecule has 4 N–H and O–H groups in total. The summed E-state index contributed by atoms with van der Waals surface area (Å²) in [5.41, 5.74) is 3.68. The van der Waals surface area contributed by atoms with Crippen LogP contribution in [-0.4, -0.2) is 94.8 Å². The molecule has 2 aliphatic carbocycles. The van der Waals surface area contributed by atoms with E-state index in [-0.39, 0.29) is 57.7 Å². The van der Waals surface area contributed by atoms with Gasteiger partial charge in [-0.05, 0) is 44.7 Å². The van der Waals surface area contributed by atoms with Gasteiger partial charge in [0.25, 0.3) is 5.56 Å². The van der Waals surface area contributed by atoms with Gasteiger partial charge in [-0.3, -0.25) is 18.8 Å². The predicted molar refractivity (Wildman–Crippen MR) is 205 cm³/mol. The van der Waals surface area contributed by atoms with Crippen LogP contribution < -0.4 is 26.2 Å². The summed E-state index contributed by atoms with van der Waals surface area (Å²) in [5.74, 6) is -0.228. The maximum absolute atomic E-state index is 12.9. The van der Waals surface area contributed by atoms with Crippen LogP contribution in [0.1, 0.15) is 41.7 Å². The second-order valence-corrected chi connectivity index (χ2v) is 13.6. The van der Waals surface area contributed by atoms with E-state index in [1.807, 2.05) is 6.92 Å². The van der Waals surface area contributed by atoms with Gasteiger partial charge in [-0.1, -0.05) is 0 Å². The standard InChI is InChI=1S/C18H16N8O3.C18H18N8O3/c1-25-19-8-12(24-25)10-5-6-26-16(15(10)29-2)20-11-7-13(21-17(27)9-3-4-9)22-23-14(11)18(26)28;1-9-11(13-8-20-26(2)25-13)5-6-19-16(9)21-12-7-14(22-17(27)10-3-4-10)23-24-15(12)18(28)29/h5-9H,3-4H2,1-2H3,(H,21,22,27);5-8,10H,3-4H2,1-2H3,(H,28,29)(H2,19,21,22,23,27). The molecule has 294 valence electrons. The fraction of sp³-hybridized carbons (Fsp3) is 0.278. The van der Waals surface area contributed by atoms with E-state index in [9.17, 15) is 24.3 Å². The molecule has 58 heavy (non-hydrogen) atoms. The SMILES string of the molecule is COc1c(-c2cnn(C)n2)ccn2c(=O)c3nnc(NC(=O)C4CC4)cc3nc12.Cc1c(-c2cnn(C)n2)ccnc1Nc1cc(NC(=O)C2CC2)nnc1C(=O)O. The van der Waals surface area contributed by atoms with E-state index in [1.54, 1.807) is 57.1 Å². The quantitative estimate of drug-likeness (QED) is 0.145. The number of aryl methyl sites for hydroxylation is 2. The van der Waals surface area contributed by atoms with Gasteiger partial charge in [-0.25, -0.2) is 14.8 Å². The molecule has 0 saturated heterocycles. The molecule has 0 atom stereocenters. The summed E-state index contributed by atoms with van der Waals surface area (Å²) in [7, 11) is 4.93. The number of hydrogen-bond acceptors (Lipinski definition) is 16. The molecular weight excluding hydrogens is 753 g/mol. The summed E-state index contributed by atoms with van der Waals surface area (Å²) in [6.45, 7) is 1.84. The van der Waals surface area contributed by atoms with Gasteiger partial charge in [0.15, 0.2) is 34.2 Å². The zero-order valence-corrected chi connectivity index (χ0v) is 31.4. The summed E-state index contributed by atoms with van der Waals surface area (Å²) in [6, 6.07) is 6.49. The van der Waals surface area contributed by atoms with Gasteiger partial charge in [-0.2, -0.15) is 30.0 Å². The summed E-state index contributed by atoms with van der Waals surface area (Å²) in [4.78, 5) is 60.2. The van der Waals surface area contributed by atoms with Gasteiger partial charge in [0, 0.05) is 61.6 Å². The Morgan fingerprint density at radius 3 is 2.05 bits per heavy atom. The third-order valence-corrected chi connectivity index (χ3v) is 9.30. The van der Waals surface area contributed by atoms with Gasteiger partial charge < -0.3 is 25.8 Å². The van der Waals surface area contributed by atoms with Crippen molar-refractivity contribution in [3.05, 3.63) is 70.7 Å². The van der Waals surface area contributed by atoms with Crippen molar-refractivity contribution >= 4 is 57.6 Å². The predicted octanol–water partition coefficient (Wildman–Crippen LogP) is 2.56. The molecule has 0 bridgehead atoms. The van der Waals surface area contributed by atoms with E-state index < -0.39 is 5.97 Å². The van der Waals surface area contributed by atoms with Crippen molar-refractivity contribution in [2.45, 2.75) is 32.6 Å². The Morgan fingerprint density at radius 2 is 1.47 bits per heavy atom. The molecule has 0 spiro atoms. The molecule has 0 aromatic carbocycles. The lowest BCUT2D eigenvalue weighted by atomic mass is 10.1. The Bertz CT molecular complexity index is 2830. The van der Waals surface area contributed by atoms with Crippen molar-refractivity contribution in [1.29, 1.82) is 0 Å². The van der Waals surface area contributed by atoms with E-state index in [4.69, 9.17) is 4.74 Å². The fourth-order valence-electron chi connectivity index (χ4n) is 5.96. The third-order valence-electron chi connectivity index (χ3n) is 9.30. The van der Waals surface area contributed by atoms with Crippen molar-refractivity contribution in [3.8, 4) is 28.3 Å². The monoisotopic (exact) mass is 786 g/mol. The van der Waals surface area contributed by atoms with Gasteiger partial charge in [-0.15, -0.1) is 20.4 Å². The number of fused-ring (bicyclic) bond motifs is 2. The van der Waals surface area contributed by atoms with E-state index >= 15 is 0 Å². The lowest BCUT2D eigenvalue weighted by Gasteiger charge is -2.13. The second kappa shape index (κ2) is 15.0. The maximum Gasteiger partial charge on any atom is 0.358 e. The average Bonchev–Trinajstić information content (AvgIpc) is 4.15. The first-order chi connectivity index (χ1) is 28.0. The molecule has 2 aliphatic rings. The lowest BCUT2D eigenvalue weighted by molar-refractivity contribution is -0.118. The topological polar surface area (TPSA) is 277 Å². The third kappa shape index (κ3) is 7.56. The molecule has 0 radical (unpaired) electrons. The first-order valence-corrected chi connectivity index (χ1v) is 17.9. The molecule has 7 aromatic rings. The van der Waals surface area contributed by atoms with E-state index in [2.05, 4.69) is 66.7 Å². The smallest absolute Gasteiger partial charge is 0.358 e. The number of rotatable bonds is 10. The van der Waals surface area contributed by atoms with Crippen molar-refractivity contribution in [2.24, 2.45) is 25.9 Å². The Balaban J connectivity index is 0.000000162. The Kier molecular flexibility index (Phi) is 9.64. The minimum Gasteiger partial charge on any atom is -0.492 e. The summed E-state index contributed by atoms with van der Waals surface area (Å²) in [5, 5.41) is 50.0. The first kappa shape index (κ1) is 37.2. The largest absolute Gasteiger partial charge is 0.492 e. The molecule has 22 nitrogen and oxygen atoms in total. The molecule has 2 fully saturated rings. The number of pyridine rings is 2. The van der Waals surface area contributed by atoms with Crippen LogP contribution in [0.25, 0.3) is 39.2 Å². The van der Waals surface area contributed by atoms with Crippen LogP contribution >= 0.6 is 0 Å². The summed E-state index contributed by atoms with van der Waals surface area (Å²) in [6.07, 6.45) is 9.84. The number of ether oxygens (including phenoxy) is 1. The number of aromatic carboxylic acids is 1. The molecule has 22 heteroatoms. The molecule has 2 saturated carbocycles. The fourth-order valence-corrected chi connectivity index (χ4v) is 5.96. The minimum absolute atomic E-state index is 0.0140. The summed E-state index contributed by atoms with van der Waals surface area (Å²) >= 11 is 0. The number of methoxy groups -OCH3 is 1. The number of carbonyl (C=O) groups is 3. The minimum atomic E-state index is -1.25. The second-order valence-electron chi connectivity index (χ2n) is 13.6.